The number of nitrogens with zero attached hydrogens (tertiary/aromatic N) is 3. The number of aryl methyl sites for hydroxylation is 1. The summed E-state index contributed by atoms with van der Waals surface area (Å²) in [5.41, 5.74) is 2.76. The van der Waals surface area contributed by atoms with Crippen LogP contribution in [0.1, 0.15) is 41.7 Å². The molecule has 1 saturated heterocycles. The number of aliphatic hydroxyl groups is 1. The second-order valence-electron chi connectivity index (χ2n) is 7.39. The minimum Gasteiger partial charge on any atom is -0.394 e. The third kappa shape index (κ3) is 4.15. The first-order valence-electron chi connectivity index (χ1n) is 10.4. The van der Waals surface area contributed by atoms with Crippen LogP contribution in [0.25, 0.3) is 11.0 Å². The fraction of sp³-hybridized carbons (Fsp3) is 0.409. The zero-order valence-corrected chi connectivity index (χ0v) is 17.0. The monoisotopic (exact) mass is 409 g/mol. The van der Waals surface area contributed by atoms with Crippen molar-refractivity contribution in [2.24, 2.45) is 0 Å². The lowest BCUT2D eigenvalue weighted by molar-refractivity contribution is 0.0901. The van der Waals surface area contributed by atoms with E-state index in [1.807, 2.05) is 41.9 Å². The van der Waals surface area contributed by atoms with Gasteiger partial charge in [0.1, 0.15) is 0 Å². The van der Waals surface area contributed by atoms with E-state index in [4.69, 9.17) is 4.74 Å². The Kier molecular flexibility index (Phi) is 6.25. The molecule has 0 spiro atoms. The third-order valence-electron chi connectivity index (χ3n) is 5.47. The molecule has 3 heterocycles. The number of aromatic nitrogens is 3. The highest BCUT2D eigenvalue weighted by Gasteiger charge is 2.23. The lowest BCUT2D eigenvalue weighted by Gasteiger charge is -2.26. The number of hydrogen-bond donors (Lipinski definition) is 3. The summed E-state index contributed by atoms with van der Waals surface area (Å²) >= 11 is 0. The summed E-state index contributed by atoms with van der Waals surface area (Å²) in [5, 5.41) is 21.6. The van der Waals surface area contributed by atoms with E-state index in [9.17, 15) is 9.90 Å². The second-order valence-corrected chi connectivity index (χ2v) is 7.39. The largest absolute Gasteiger partial charge is 0.394 e. The summed E-state index contributed by atoms with van der Waals surface area (Å²) in [6.07, 6.45) is 5.09. The van der Waals surface area contributed by atoms with Gasteiger partial charge in [0.2, 0.25) is 0 Å². The number of nitrogens with one attached hydrogen (secondary N) is 2. The standard InChI is InChI=1S/C22H27N5O3/c1-2-27-21-17(13-24-27)20(25-16-8-10-30-11-9-16)18(12-23-21)22(29)26-19(14-28)15-6-4-3-5-7-15/h3-7,12-13,16,19,28H,2,8-11,14H2,1H3,(H,23,25)(H,26,29). The van der Waals surface area contributed by atoms with Gasteiger partial charge in [-0.2, -0.15) is 5.10 Å². The molecule has 1 atom stereocenters. The van der Waals surface area contributed by atoms with Gasteiger partial charge in [0.05, 0.1) is 35.5 Å². The molecular weight excluding hydrogens is 382 g/mol. The molecule has 4 rings (SSSR count). The van der Waals surface area contributed by atoms with Crippen LogP contribution < -0.4 is 10.6 Å². The molecular formula is C22H27N5O3. The van der Waals surface area contributed by atoms with Crippen molar-refractivity contribution >= 4 is 22.6 Å². The van der Waals surface area contributed by atoms with Crippen LogP contribution in [0.5, 0.6) is 0 Å². The van der Waals surface area contributed by atoms with Crippen LogP contribution in [0.4, 0.5) is 5.69 Å². The number of hydrogen-bond acceptors (Lipinski definition) is 6. The normalized spacial score (nSPS) is 15.8. The number of aliphatic hydroxyl groups excluding tert-OH is 1. The van der Waals surface area contributed by atoms with E-state index in [-0.39, 0.29) is 18.6 Å². The molecule has 3 N–H and O–H groups in total. The predicted molar refractivity (Wildman–Crippen MR) is 114 cm³/mol. The maximum atomic E-state index is 13.2. The molecule has 1 amide bonds. The highest BCUT2D eigenvalue weighted by Crippen LogP contribution is 2.29. The first kappa shape index (κ1) is 20.3. The zero-order chi connectivity index (χ0) is 20.9. The Morgan fingerprint density at radius 2 is 2.03 bits per heavy atom. The molecule has 1 aliphatic heterocycles. The molecule has 8 heteroatoms. The van der Waals surface area contributed by atoms with Gasteiger partial charge >= 0.3 is 0 Å². The van der Waals surface area contributed by atoms with E-state index in [0.717, 1.165) is 35.1 Å². The van der Waals surface area contributed by atoms with Crippen molar-refractivity contribution in [2.75, 3.05) is 25.1 Å². The molecule has 8 nitrogen and oxygen atoms in total. The fourth-order valence-electron chi connectivity index (χ4n) is 3.79. The topological polar surface area (TPSA) is 101 Å². The van der Waals surface area contributed by atoms with Crippen molar-refractivity contribution in [1.29, 1.82) is 0 Å². The predicted octanol–water partition coefficient (Wildman–Crippen LogP) is 2.51. The van der Waals surface area contributed by atoms with Crippen LogP contribution in [-0.4, -0.2) is 51.6 Å². The van der Waals surface area contributed by atoms with E-state index >= 15 is 0 Å². The number of pyridine rings is 1. The van der Waals surface area contributed by atoms with Gasteiger partial charge in [0, 0.05) is 32.0 Å². The molecule has 1 aromatic carbocycles. The van der Waals surface area contributed by atoms with Gasteiger partial charge in [-0.1, -0.05) is 30.3 Å². The summed E-state index contributed by atoms with van der Waals surface area (Å²) in [7, 11) is 0. The van der Waals surface area contributed by atoms with Crippen molar-refractivity contribution in [1.82, 2.24) is 20.1 Å². The van der Waals surface area contributed by atoms with Crippen molar-refractivity contribution in [3.8, 4) is 0 Å². The van der Waals surface area contributed by atoms with Crippen molar-refractivity contribution in [3.63, 3.8) is 0 Å². The molecule has 0 saturated carbocycles. The molecule has 2 aromatic heterocycles. The van der Waals surface area contributed by atoms with E-state index in [1.54, 1.807) is 12.4 Å². The quantitative estimate of drug-likeness (QED) is 0.554. The first-order chi connectivity index (χ1) is 14.7. The average Bonchev–Trinajstić information content (AvgIpc) is 3.22. The number of anilines is 1. The lowest BCUT2D eigenvalue weighted by atomic mass is 10.0. The lowest BCUT2D eigenvalue weighted by Crippen LogP contribution is -2.33. The number of fused-ring (bicyclic) bond motifs is 1. The van der Waals surface area contributed by atoms with Gasteiger partial charge in [-0.25, -0.2) is 9.67 Å². The third-order valence-corrected chi connectivity index (χ3v) is 5.47. The Balaban J connectivity index is 1.67. The Bertz CT molecular complexity index is 999. The van der Waals surface area contributed by atoms with Gasteiger partial charge < -0.3 is 20.5 Å². The van der Waals surface area contributed by atoms with E-state index in [2.05, 4.69) is 20.7 Å². The zero-order valence-electron chi connectivity index (χ0n) is 17.0. The first-order valence-corrected chi connectivity index (χ1v) is 10.4. The Labute approximate surface area is 175 Å². The number of carbonyl (C=O) groups is 1. The summed E-state index contributed by atoms with van der Waals surface area (Å²) in [5.74, 6) is -0.286. The summed E-state index contributed by atoms with van der Waals surface area (Å²) in [6, 6.07) is 9.15. The second kappa shape index (κ2) is 9.23. The van der Waals surface area contributed by atoms with Crippen LogP contribution >= 0.6 is 0 Å². The Morgan fingerprint density at radius 1 is 1.27 bits per heavy atom. The van der Waals surface area contributed by atoms with Crippen LogP contribution in [0.3, 0.4) is 0 Å². The van der Waals surface area contributed by atoms with Crippen LogP contribution in [0.15, 0.2) is 42.7 Å². The van der Waals surface area contributed by atoms with E-state index < -0.39 is 6.04 Å². The molecule has 1 fully saturated rings. The Morgan fingerprint density at radius 3 is 2.73 bits per heavy atom. The van der Waals surface area contributed by atoms with E-state index in [1.165, 1.54) is 0 Å². The number of benzene rings is 1. The maximum Gasteiger partial charge on any atom is 0.255 e. The van der Waals surface area contributed by atoms with Gasteiger partial charge in [0.15, 0.2) is 5.65 Å². The minimum atomic E-state index is -0.497. The summed E-state index contributed by atoms with van der Waals surface area (Å²) in [4.78, 5) is 17.7. The maximum absolute atomic E-state index is 13.2. The average molecular weight is 409 g/mol. The molecule has 0 radical (unpaired) electrons. The summed E-state index contributed by atoms with van der Waals surface area (Å²) in [6.45, 7) is 3.90. The van der Waals surface area contributed by atoms with Gasteiger partial charge in [-0.15, -0.1) is 0 Å². The Hall–Kier alpha value is -2.97. The van der Waals surface area contributed by atoms with Gasteiger partial charge in [-0.05, 0) is 25.3 Å². The molecule has 0 bridgehead atoms. The van der Waals surface area contributed by atoms with Crippen molar-refractivity contribution < 1.29 is 14.6 Å². The highest BCUT2D eigenvalue weighted by molar-refractivity contribution is 6.06. The van der Waals surface area contributed by atoms with Crippen LogP contribution in [0, 0.1) is 0 Å². The summed E-state index contributed by atoms with van der Waals surface area (Å²) < 4.78 is 7.28. The molecule has 1 unspecified atom stereocenters. The SMILES string of the molecule is CCn1ncc2c(NC3CCOCC3)c(C(=O)NC(CO)c3ccccc3)cnc21. The number of rotatable bonds is 7. The molecule has 1 aliphatic rings. The van der Waals surface area contributed by atoms with Crippen molar-refractivity contribution in [3.05, 3.63) is 53.9 Å². The molecule has 0 aliphatic carbocycles. The van der Waals surface area contributed by atoms with Crippen LogP contribution in [-0.2, 0) is 11.3 Å². The smallest absolute Gasteiger partial charge is 0.255 e. The molecule has 3 aromatic rings. The van der Waals surface area contributed by atoms with Gasteiger partial charge in [0.25, 0.3) is 5.91 Å². The van der Waals surface area contributed by atoms with Crippen LogP contribution in [0.2, 0.25) is 0 Å². The van der Waals surface area contributed by atoms with Gasteiger partial charge in [-0.3, -0.25) is 4.79 Å². The minimum absolute atomic E-state index is 0.193. The van der Waals surface area contributed by atoms with Crippen molar-refractivity contribution in [2.45, 2.75) is 38.4 Å². The van der Waals surface area contributed by atoms with E-state index in [0.29, 0.717) is 25.3 Å². The number of amides is 1. The highest BCUT2D eigenvalue weighted by atomic mass is 16.5. The molecule has 158 valence electrons. The molecule has 30 heavy (non-hydrogen) atoms. The number of carbonyl (C=O) groups excluding carboxylic acids is 1. The number of ether oxygens (including phenoxy) is 1. The fourth-order valence-corrected chi connectivity index (χ4v) is 3.79.